The minimum absolute atomic E-state index is 0.254. The van der Waals surface area contributed by atoms with Crippen LogP contribution in [0.25, 0.3) is 0 Å². The summed E-state index contributed by atoms with van der Waals surface area (Å²) in [6.07, 6.45) is 1.64. The quantitative estimate of drug-likeness (QED) is 0.851. The van der Waals surface area contributed by atoms with Crippen molar-refractivity contribution in [2.45, 2.75) is 19.4 Å². The van der Waals surface area contributed by atoms with Crippen LogP contribution in [0.5, 0.6) is 0 Å². The zero-order valence-electron chi connectivity index (χ0n) is 11.9. The molecule has 1 aliphatic heterocycles. The zero-order chi connectivity index (χ0) is 14.7. The molecule has 0 bridgehead atoms. The smallest absolute Gasteiger partial charge is 0.222 e. The summed E-state index contributed by atoms with van der Waals surface area (Å²) in [6.45, 7) is 2.61. The van der Waals surface area contributed by atoms with Crippen LogP contribution in [-0.2, 0) is 11.3 Å². The zero-order valence-corrected chi connectivity index (χ0v) is 13.4. The van der Waals surface area contributed by atoms with Crippen molar-refractivity contribution in [3.8, 4) is 0 Å². The predicted octanol–water partition coefficient (Wildman–Crippen LogP) is 3.29. The number of hydrogen-bond donors (Lipinski definition) is 0. The minimum atomic E-state index is 0.254. The highest BCUT2D eigenvalue weighted by Gasteiger charge is 2.23. The lowest BCUT2D eigenvalue weighted by molar-refractivity contribution is -0.133. The molecule has 110 valence electrons. The average Bonchev–Trinajstić information content (AvgIpc) is 2.37. The average molecular weight is 315 g/mol. The number of halogens is 2. The van der Waals surface area contributed by atoms with E-state index in [1.165, 1.54) is 0 Å². The van der Waals surface area contributed by atoms with Gasteiger partial charge in [-0.3, -0.25) is 4.79 Å². The first-order valence-electron chi connectivity index (χ1n) is 6.82. The number of carbonyl (C=O) groups is 1. The van der Waals surface area contributed by atoms with E-state index in [4.69, 9.17) is 23.2 Å². The fourth-order valence-corrected chi connectivity index (χ4v) is 3.16. The van der Waals surface area contributed by atoms with E-state index in [0.29, 0.717) is 22.4 Å². The molecule has 3 nitrogen and oxygen atoms in total. The molecule has 1 atom stereocenters. The van der Waals surface area contributed by atoms with Gasteiger partial charge in [-0.25, -0.2) is 0 Å². The first kappa shape index (κ1) is 15.6. The summed E-state index contributed by atoms with van der Waals surface area (Å²) >= 11 is 12.1. The Morgan fingerprint density at radius 2 is 2.15 bits per heavy atom. The van der Waals surface area contributed by atoms with Crippen LogP contribution in [0.1, 0.15) is 18.4 Å². The Balaban J connectivity index is 1.89. The third-order valence-electron chi connectivity index (χ3n) is 3.75. The van der Waals surface area contributed by atoms with Crippen LogP contribution in [0.4, 0.5) is 0 Å². The van der Waals surface area contributed by atoms with E-state index in [1.807, 2.05) is 24.1 Å². The van der Waals surface area contributed by atoms with Crippen molar-refractivity contribution in [1.82, 2.24) is 9.80 Å². The second kappa shape index (κ2) is 6.79. The normalized spacial score (nSPS) is 19.8. The summed E-state index contributed by atoms with van der Waals surface area (Å²) < 4.78 is 0. The van der Waals surface area contributed by atoms with Crippen LogP contribution in [0.3, 0.4) is 0 Å². The Morgan fingerprint density at radius 3 is 2.80 bits per heavy atom. The molecule has 1 aliphatic rings. The van der Waals surface area contributed by atoms with Crippen LogP contribution in [0.15, 0.2) is 18.2 Å². The molecule has 0 saturated carbocycles. The Hall–Kier alpha value is -0.770. The molecule has 1 saturated heterocycles. The van der Waals surface area contributed by atoms with E-state index in [-0.39, 0.29) is 5.91 Å². The fraction of sp³-hybridized carbons (Fsp3) is 0.533. The molecule has 20 heavy (non-hydrogen) atoms. The number of hydrogen-bond acceptors (Lipinski definition) is 2. The Labute approximate surface area is 130 Å². The summed E-state index contributed by atoms with van der Waals surface area (Å²) in [7, 11) is 3.96. The van der Waals surface area contributed by atoms with Crippen molar-refractivity contribution in [1.29, 1.82) is 0 Å². The van der Waals surface area contributed by atoms with Gasteiger partial charge in [0.2, 0.25) is 5.91 Å². The lowest BCUT2D eigenvalue weighted by Gasteiger charge is -2.32. The van der Waals surface area contributed by atoms with E-state index in [1.54, 1.807) is 6.07 Å². The van der Waals surface area contributed by atoms with Gasteiger partial charge in [0.15, 0.2) is 0 Å². The van der Waals surface area contributed by atoms with Crippen LogP contribution < -0.4 is 0 Å². The SMILES string of the molecule is CN(Cc1ccc(Cl)cc1Cl)CC1CCC(=O)N(C)C1. The Morgan fingerprint density at radius 1 is 1.40 bits per heavy atom. The third-order valence-corrected chi connectivity index (χ3v) is 4.34. The van der Waals surface area contributed by atoms with Gasteiger partial charge in [-0.1, -0.05) is 29.3 Å². The second-order valence-corrected chi connectivity index (χ2v) is 6.46. The predicted molar refractivity (Wildman–Crippen MR) is 83.2 cm³/mol. The van der Waals surface area contributed by atoms with Gasteiger partial charge < -0.3 is 9.80 Å². The first-order valence-corrected chi connectivity index (χ1v) is 7.57. The number of nitrogens with zero attached hydrogens (tertiary/aromatic N) is 2. The van der Waals surface area contributed by atoms with E-state index < -0.39 is 0 Å². The van der Waals surface area contributed by atoms with E-state index in [9.17, 15) is 4.79 Å². The fourth-order valence-electron chi connectivity index (χ4n) is 2.69. The second-order valence-electron chi connectivity index (χ2n) is 5.61. The molecule has 0 aliphatic carbocycles. The van der Waals surface area contributed by atoms with Crippen molar-refractivity contribution < 1.29 is 4.79 Å². The van der Waals surface area contributed by atoms with Crippen LogP contribution >= 0.6 is 23.2 Å². The van der Waals surface area contributed by atoms with Gasteiger partial charge in [0.1, 0.15) is 0 Å². The van der Waals surface area contributed by atoms with Crippen molar-refractivity contribution in [3.63, 3.8) is 0 Å². The van der Waals surface area contributed by atoms with Crippen molar-refractivity contribution in [3.05, 3.63) is 33.8 Å². The maximum Gasteiger partial charge on any atom is 0.222 e. The van der Waals surface area contributed by atoms with Gasteiger partial charge in [0, 0.05) is 43.1 Å². The summed E-state index contributed by atoms with van der Waals surface area (Å²) in [5.74, 6) is 0.790. The summed E-state index contributed by atoms with van der Waals surface area (Å²) in [5.41, 5.74) is 1.08. The maximum atomic E-state index is 11.5. The van der Waals surface area contributed by atoms with Crippen molar-refractivity contribution in [2.75, 3.05) is 27.2 Å². The molecule has 0 spiro atoms. The van der Waals surface area contributed by atoms with Gasteiger partial charge in [0.05, 0.1) is 0 Å². The summed E-state index contributed by atoms with van der Waals surface area (Å²) in [4.78, 5) is 15.6. The van der Waals surface area contributed by atoms with Gasteiger partial charge in [-0.05, 0) is 37.1 Å². The topological polar surface area (TPSA) is 23.6 Å². The van der Waals surface area contributed by atoms with Gasteiger partial charge in [-0.15, -0.1) is 0 Å². The van der Waals surface area contributed by atoms with Crippen molar-refractivity contribution in [2.24, 2.45) is 5.92 Å². The lowest BCUT2D eigenvalue weighted by atomic mass is 9.97. The molecule has 0 radical (unpaired) electrons. The molecule has 5 heteroatoms. The molecule has 1 heterocycles. The standard InChI is InChI=1S/C15H20Cl2N2O/c1-18(8-11-3-6-15(20)19(2)9-11)10-12-4-5-13(16)7-14(12)17/h4-5,7,11H,3,6,8-10H2,1-2H3. The third kappa shape index (κ3) is 4.11. The highest BCUT2D eigenvalue weighted by atomic mass is 35.5. The van der Waals surface area contributed by atoms with Gasteiger partial charge in [-0.2, -0.15) is 0 Å². The Bertz CT molecular complexity index is 493. The molecule has 1 aromatic carbocycles. The van der Waals surface area contributed by atoms with Gasteiger partial charge in [0.25, 0.3) is 0 Å². The number of carbonyl (C=O) groups excluding carboxylic acids is 1. The van der Waals surface area contributed by atoms with E-state index in [2.05, 4.69) is 11.9 Å². The largest absolute Gasteiger partial charge is 0.345 e. The highest BCUT2D eigenvalue weighted by Crippen LogP contribution is 2.23. The van der Waals surface area contributed by atoms with Crippen LogP contribution in [0.2, 0.25) is 10.0 Å². The molecular formula is C15H20Cl2N2O. The lowest BCUT2D eigenvalue weighted by Crippen LogP contribution is -2.41. The molecular weight excluding hydrogens is 295 g/mol. The molecule has 1 amide bonds. The van der Waals surface area contributed by atoms with Crippen molar-refractivity contribution >= 4 is 29.1 Å². The van der Waals surface area contributed by atoms with E-state index in [0.717, 1.165) is 31.6 Å². The van der Waals surface area contributed by atoms with E-state index >= 15 is 0 Å². The summed E-state index contributed by atoms with van der Waals surface area (Å²) in [5, 5.41) is 1.37. The van der Waals surface area contributed by atoms with Crippen LogP contribution in [0, 0.1) is 5.92 Å². The number of benzene rings is 1. The maximum absolute atomic E-state index is 11.5. The molecule has 0 N–H and O–H groups in total. The minimum Gasteiger partial charge on any atom is -0.345 e. The molecule has 0 aromatic heterocycles. The van der Waals surface area contributed by atoms with Gasteiger partial charge >= 0.3 is 0 Å². The molecule has 2 rings (SSSR count). The number of likely N-dealkylation sites (tertiary alicyclic amines) is 1. The number of rotatable bonds is 4. The molecule has 1 unspecified atom stereocenters. The number of amides is 1. The van der Waals surface area contributed by atoms with Crippen LogP contribution in [-0.4, -0.2) is 42.9 Å². The summed E-state index contributed by atoms with van der Waals surface area (Å²) in [6, 6.07) is 5.61. The molecule has 1 fully saturated rings. The number of piperidine rings is 1. The Kier molecular flexibility index (Phi) is 5.30. The monoisotopic (exact) mass is 314 g/mol. The highest BCUT2D eigenvalue weighted by molar-refractivity contribution is 6.35. The molecule has 1 aromatic rings. The first-order chi connectivity index (χ1) is 9.45.